The summed E-state index contributed by atoms with van der Waals surface area (Å²) in [5.41, 5.74) is 0. The molecule has 0 aromatic rings. The maximum atomic E-state index is 10.0. The number of aliphatic hydroxyl groups is 3. The normalized spacial score (nSPS) is 33.5. The largest absolute Gasteiger partial charge is 0.393 e. The van der Waals surface area contributed by atoms with E-state index < -0.39 is 12.2 Å². The Hall–Kier alpha value is -0.630. The van der Waals surface area contributed by atoms with E-state index in [1.165, 1.54) is 0 Å². The molecule has 1 fully saturated rings. The first kappa shape index (κ1) is 14.4. The van der Waals surface area contributed by atoms with Crippen molar-refractivity contribution in [3.63, 3.8) is 0 Å². The Morgan fingerprint density at radius 3 is 2.53 bits per heavy atom. The summed E-state index contributed by atoms with van der Waals surface area (Å²) < 4.78 is 0. The van der Waals surface area contributed by atoms with Gasteiger partial charge in [0.15, 0.2) is 0 Å². The summed E-state index contributed by atoms with van der Waals surface area (Å²) in [6.07, 6.45) is 1.88. The Morgan fingerprint density at radius 1 is 1.24 bits per heavy atom. The molecule has 5 atom stereocenters. The Bertz CT molecular complexity index is 252. The molecular formula is C13H23NO3. The van der Waals surface area contributed by atoms with E-state index in [2.05, 4.69) is 0 Å². The van der Waals surface area contributed by atoms with Gasteiger partial charge in [-0.3, -0.25) is 0 Å². The Labute approximate surface area is 103 Å². The van der Waals surface area contributed by atoms with Crippen LogP contribution in [0.4, 0.5) is 0 Å². The van der Waals surface area contributed by atoms with Crippen LogP contribution in [0, 0.1) is 23.2 Å². The minimum atomic E-state index is -0.815. The molecule has 0 amide bonds. The zero-order valence-corrected chi connectivity index (χ0v) is 10.4. The minimum Gasteiger partial charge on any atom is -0.393 e. The van der Waals surface area contributed by atoms with Crippen LogP contribution in [0.2, 0.25) is 0 Å². The molecule has 4 unspecified atom stereocenters. The first-order valence-corrected chi connectivity index (χ1v) is 6.47. The lowest BCUT2D eigenvalue weighted by molar-refractivity contribution is -0.0250. The second kappa shape index (κ2) is 6.95. The molecule has 3 N–H and O–H groups in total. The van der Waals surface area contributed by atoms with Crippen molar-refractivity contribution in [3.05, 3.63) is 0 Å². The number of aliphatic hydroxyl groups excluding tert-OH is 3. The van der Waals surface area contributed by atoms with Crippen LogP contribution in [0.15, 0.2) is 0 Å². The van der Waals surface area contributed by atoms with Crippen molar-refractivity contribution in [2.45, 2.75) is 63.8 Å². The van der Waals surface area contributed by atoms with Crippen molar-refractivity contribution >= 4 is 0 Å². The van der Waals surface area contributed by atoms with E-state index in [9.17, 15) is 15.3 Å². The fraction of sp³-hybridized carbons (Fsp3) is 0.923. The number of hydrogen-bond acceptors (Lipinski definition) is 4. The highest BCUT2D eigenvalue weighted by molar-refractivity contribution is 4.83. The predicted octanol–water partition coefficient (Wildman–Crippen LogP) is 1.20. The monoisotopic (exact) mass is 241 g/mol. The summed E-state index contributed by atoms with van der Waals surface area (Å²) in [6.45, 7) is 2.02. The SMILES string of the molecule is CC1CCC(C(O)[C@H](O)CCC#N)CCC1O. The molecule has 17 heavy (non-hydrogen) atoms. The highest BCUT2D eigenvalue weighted by atomic mass is 16.3. The van der Waals surface area contributed by atoms with Gasteiger partial charge >= 0.3 is 0 Å². The third-order valence-electron chi connectivity index (χ3n) is 3.91. The molecule has 1 rings (SSSR count). The Kier molecular flexibility index (Phi) is 5.90. The maximum Gasteiger partial charge on any atom is 0.0827 e. The van der Waals surface area contributed by atoms with Gasteiger partial charge in [0.1, 0.15) is 0 Å². The number of rotatable bonds is 4. The summed E-state index contributed by atoms with van der Waals surface area (Å²) in [5, 5.41) is 38.0. The molecule has 1 aliphatic carbocycles. The fourth-order valence-corrected chi connectivity index (χ4v) is 2.52. The second-order valence-corrected chi connectivity index (χ2v) is 5.21. The van der Waals surface area contributed by atoms with Crippen LogP contribution < -0.4 is 0 Å². The summed E-state index contributed by atoms with van der Waals surface area (Å²) >= 11 is 0. The summed E-state index contributed by atoms with van der Waals surface area (Å²) in [6, 6.07) is 1.97. The highest BCUT2D eigenvalue weighted by Gasteiger charge is 2.30. The summed E-state index contributed by atoms with van der Waals surface area (Å²) in [5.74, 6) is 0.312. The molecule has 0 aliphatic heterocycles. The molecule has 4 heteroatoms. The average molecular weight is 241 g/mol. The van der Waals surface area contributed by atoms with E-state index in [1.54, 1.807) is 0 Å². The molecule has 0 bridgehead atoms. The first-order valence-electron chi connectivity index (χ1n) is 6.47. The van der Waals surface area contributed by atoms with Gasteiger partial charge in [-0.05, 0) is 43.9 Å². The van der Waals surface area contributed by atoms with E-state index in [0.717, 1.165) is 19.3 Å². The van der Waals surface area contributed by atoms with Crippen LogP contribution >= 0.6 is 0 Å². The van der Waals surface area contributed by atoms with Crippen molar-refractivity contribution in [2.75, 3.05) is 0 Å². The van der Waals surface area contributed by atoms with Gasteiger partial charge in [0, 0.05) is 6.42 Å². The van der Waals surface area contributed by atoms with Crippen molar-refractivity contribution in [1.29, 1.82) is 5.26 Å². The molecular weight excluding hydrogens is 218 g/mol. The van der Waals surface area contributed by atoms with E-state index in [1.807, 2.05) is 13.0 Å². The number of nitrogens with zero attached hydrogens (tertiary/aromatic N) is 1. The van der Waals surface area contributed by atoms with Gasteiger partial charge in [0.25, 0.3) is 0 Å². The van der Waals surface area contributed by atoms with E-state index >= 15 is 0 Å². The molecule has 0 aromatic heterocycles. The third-order valence-corrected chi connectivity index (χ3v) is 3.91. The lowest BCUT2D eigenvalue weighted by Gasteiger charge is -2.25. The van der Waals surface area contributed by atoms with Gasteiger partial charge in [-0.2, -0.15) is 5.26 Å². The molecule has 1 aliphatic rings. The molecule has 0 aromatic carbocycles. The van der Waals surface area contributed by atoms with Gasteiger partial charge in [-0.15, -0.1) is 0 Å². The van der Waals surface area contributed by atoms with E-state index in [0.29, 0.717) is 12.8 Å². The topological polar surface area (TPSA) is 84.5 Å². The summed E-state index contributed by atoms with van der Waals surface area (Å²) in [7, 11) is 0. The highest BCUT2D eigenvalue weighted by Crippen LogP contribution is 2.30. The van der Waals surface area contributed by atoms with Crippen molar-refractivity contribution in [1.82, 2.24) is 0 Å². The molecule has 1 saturated carbocycles. The van der Waals surface area contributed by atoms with Crippen LogP contribution in [0.25, 0.3) is 0 Å². The van der Waals surface area contributed by atoms with Gasteiger partial charge in [0.05, 0.1) is 24.4 Å². The Balaban J connectivity index is 2.46. The van der Waals surface area contributed by atoms with Gasteiger partial charge in [0.2, 0.25) is 0 Å². The standard InChI is InChI=1S/C13H23NO3/c1-9-4-5-10(6-7-11(9)15)13(17)12(16)3-2-8-14/h9-13,15-17H,2-7H2,1H3/t9?,10?,11?,12-,13?/m1/s1. The van der Waals surface area contributed by atoms with Crippen molar-refractivity contribution in [3.8, 4) is 6.07 Å². The fourth-order valence-electron chi connectivity index (χ4n) is 2.52. The van der Waals surface area contributed by atoms with Gasteiger partial charge < -0.3 is 15.3 Å². The van der Waals surface area contributed by atoms with Crippen LogP contribution in [0.5, 0.6) is 0 Å². The van der Waals surface area contributed by atoms with Crippen LogP contribution in [-0.2, 0) is 0 Å². The third kappa shape index (κ3) is 4.27. The van der Waals surface area contributed by atoms with E-state index in [-0.39, 0.29) is 24.4 Å². The average Bonchev–Trinajstić information content (AvgIpc) is 2.49. The second-order valence-electron chi connectivity index (χ2n) is 5.21. The predicted molar refractivity (Wildman–Crippen MR) is 64.0 cm³/mol. The molecule has 4 nitrogen and oxygen atoms in total. The van der Waals surface area contributed by atoms with Crippen LogP contribution in [-0.4, -0.2) is 33.6 Å². The number of nitriles is 1. The smallest absolute Gasteiger partial charge is 0.0827 e. The Morgan fingerprint density at radius 2 is 1.88 bits per heavy atom. The molecule has 0 radical (unpaired) electrons. The lowest BCUT2D eigenvalue weighted by atomic mass is 9.89. The van der Waals surface area contributed by atoms with E-state index in [4.69, 9.17) is 5.26 Å². The van der Waals surface area contributed by atoms with Crippen LogP contribution in [0.3, 0.4) is 0 Å². The van der Waals surface area contributed by atoms with Gasteiger partial charge in [-0.1, -0.05) is 6.92 Å². The van der Waals surface area contributed by atoms with Crippen molar-refractivity contribution in [2.24, 2.45) is 11.8 Å². The molecule has 0 saturated heterocycles. The number of hydrogen-bond donors (Lipinski definition) is 3. The van der Waals surface area contributed by atoms with Gasteiger partial charge in [-0.25, -0.2) is 0 Å². The zero-order valence-electron chi connectivity index (χ0n) is 10.4. The first-order chi connectivity index (χ1) is 8.06. The summed E-state index contributed by atoms with van der Waals surface area (Å²) in [4.78, 5) is 0. The molecule has 98 valence electrons. The maximum absolute atomic E-state index is 10.0. The quantitative estimate of drug-likeness (QED) is 0.646. The van der Waals surface area contributed by atoms with Crippen molar-refractivity contribution < 1.29 is 15.3 Å². The molecule has 0 heterocycles. The lowest BCUT2D eigenvalue weighted by Crippen LogP contribution is -2.33. The zero-order chi connectivity index (χ0) is 12.8. The minimum absolute atomic E-state index is 0.0447. The van der Waals surface area contributed by atoms with Crippen LogP contribution in [0.1, 0.15) is 45.4 Å². The molecule has 0 spiro atoms.